The Morgan fingerprint density at radius 2 is 1.52 bits per heavy atom. The van der Waals surface area contributed by atoms with Crippen LogP contribution in [0.3, 0.4) is 0 Å². The van der Waals surface area contributed by atoms with Crippen LogP contribution in [0.4, 0.5) is 5.69 Å². The van der Waals surface area contributed by atoms with Gasteiger partial charge in [-0.05, 0) is 64.7 Å². The van der Waals surface area contributed by atoms with Gasteiger partial charge < -0.3 is 30.2 Å². The van der Waals surface area contributed by atoms with Crippen molar-refractivity contribution in [3.05, 3.63) is 119 Å². The monoisotopic (exact) mass is 537 g/mol. The number of anilines is 1. The number of amides is 2. The van der Waals surface area contributed by atoms with Crippen molar-refractivity contribution < 1.29 is 23.8 Å². The number of nitrogens with one attached hydrogen (secondary N) is 1. The molecule has 204 valence electrons. The lowest BCUT2D eigenvalue weighted by molar-refractivity contribution is -0.131. The van der Waals surface area contributed by atoms with Gasteiger partial charge in [-0.3, -0.25) is 9.59 Å². The molecular formula is C32H31N3O5. The van der Waals surface area contributed by atoms with Gasteiger partial charge >= 0.3 is 0 Å². The number of ether oxygens (including phenoxy) is 3. The van der Waals surface area contributed by atoms with Crippen LogP contribution >= 0.6 is 0 Å². The van der Waals surface area contributed by atoms with Crippen LogP contribution in [0.5, 0.6) is 17.2 Å². The van der Waals surface area contributed by atoms with Crippen molar-refractivity contribution in [3.63, 3.8) is 0 Å². The summed E-state index contributed by atoms with van der Waals surface area (Å²) in [6, 6.07) is 28.1. The van der Waals surface area contributed by atoms with E-state index in [1.54, 1.807) is 25.3 Å². The molecule has 0 aliphatic carbocycles. The van der Waals surface area contributed by atoms with Gasteiger partial charge in [-0.15, -0.1) is 0 Å². The molecule has 0 radical (unpaired) electrons. The van der Waals surface area contributed by atoms with Crippen molar-refractivity contribution in [1.82, 2.24) is 4.90 Å². The second-order valence-corrected chi connectivity index (χ2v) is 9.52. The quantitative estimate of drug-likeness (QED) is 0.298. The van der Waals surface area contributed by atoms with E-state index in [9.17, 15) is 9.59 Å². The third-order valence-electron chi connectivity index (χ3n) is 6.69. The Morgan fingerprint density at radius 1 is 0.825 bits per heavy atom. The number of rotatable bonds is 10. The molecule has 4 aromatic rings. The predicted octanol–water partition coefficient (Wildman–Crippen LogP) is 4.91. The van der Waals surface area contributed by atoms with Crippen molar-refractivity contribution in [2.45, 2.75) is 26.1 Å². The van der Waals surface area contributed by atoms with E-state index < -0.39 is 0 Å². The van der Waals surface area contributed by atoms with Gasteiger partial charge in [0.25, 0.3) is 5.91 Å². The molecule has 5 rings (SSSR count). The van der Waals surface area contributed by atoms with Crippen LogP contribution in [-0.4, -0.2) is 30.6 Å². The highest BCUT2D eigenvalue weighted by Crippen LogP contribution is 2.32. The normalized spacial score (nSPS) is 11.7. The van der Waals surface area contributed by atoms with Gasteiger partial charge in [0.15, 0.2) is 11.5 Å². The molecule has 1 aliphatic heterocycles. The number of hydrogen-bond donors (Lipinski definition) is 2. The lowest BCUT2D eigenvalue weighted by atomic mass is 10.1. The predicted molar refractivity (Wildman–Crippen MR) is 152 cm³/mol. The van der Waals surface area contributed by atoms with Gasteiger partial charge in [-0.1, -0.05) is 48.5 Å². The van der Waals surface area contributed by atoms with Gasteiger partial charge in [0.1, 0.15) is 5.75 Å². The molecule has 0 saturated heterocycles. The second kappa shape index (κ2) is 12.4. The van der Waals surface area contributed by atoms with Crippen LogP contribution in [-0.2, 0) is 30.8 Å². The number of nitrogens with zero attached hydrogens (tertiary/aromatic N) is 1. The zero-order valence-corrected chi connectivity index (χ0v) is 22.3. The van der Waals surface area contributed by atoms with Crippen LogP contribution in [0.1, 0.15) is 32.6 Å². The minimum Gasteiger partial charge on any atom is -0.497 e. The van der Waals surface area contributed by atoms with Crippen molar-refractivity contribution in [1.29, 1.82) is 0 Å². The third-order valence-corrected chi connectivity index (χ3v) is 6.69. The van der Waals surface area contributed by atoms with Gasteiger partial charge in [0.2, 0.25) is 12.7 Å². The van der Waals surface area contributed by atoms with Crippen LogP contribution in [0, 0.1) is 0 Å². The van der Waals surface area contributed by atoms with E-state index >= 15 is 0 Å². The Hall–Kier alpha value is -4.82. The molecule has 0 aromatic heterocycles. The molecule has 2 amide bonds. The molecule has 0 fully saturated rings. The number of benzene rings is 4. The number of fused-ring (bicyclic) bond motifs is 1. The molecule has 0 bridgehead atoms. The average Bonchev–Trinajstić information content (AvgIpc) is 3.46. The first kappa shape index (κ1) is 26.8. The smallest absolute Gasteiger partial charge is 0.255 e. The number of carbonyl (C=O) groups excluding carboxylic acids is 2. The lowest BCUT2D eigenvalue weighted by Gasteiger charge is -2.24. The molecule has 40 heavy (non-hydrogen) atoms. The summed E-state index contributed by atoms with van der Waals surface area (Å²) in [5.74, 6) is 1.68. The Bertz CT molecular complexity index is 1490. The standard InChI is InChI=1S/C32H31N3O5/c1-38-28-12-7-22(8-13-28)16-31(36)35(20-25-4-2-3-24(15-25)18-33)19-23-5-10-27(11-6-23)34-32(37)26-9-14-29-30(17-26)40-21-39-29/h2-15,17H,16,18-21,33H2,1H3,(H,34,37). The minimum atomic E-state index is -0.248. The van der Waals surface area contributed by atoms with E-state index in [1.807, 2.05) is 77.7 Å². The molecule has 0 spiro atoms. The van der Waals surface area contributed by atoms with Crippen molar-refractivity contribution >= 4 is 17.5 Å². The third kappa shape index (κ3) is 6.59. The molecule has 1 aliphatic rings. The van der Waals surface area contributed by atoms with Gasteiger partial charge in [0, 0.05) is 30.9 Å². The second-order valence-electron chi connectivity index (χ2n) is 9.52. The summed E-state index contributed by atoms with van der Waals surface area (Å²) in [6.45, 7) is 1.46. The molecule has 0 atom stereocenters. The van der Waals surface area contributed by atoms with E-state index in [1.165, 1.54) is 0 Å². The van der Waals surface area contributed by atoms with E-state index in [2.05, 4.69) is 5.32 Å². The zero-order valence-electron chi connectivity index (χ0n) is 22.3. The number of nitrogens with two attached hydrogens (primary N) is 1. The summed E-state index contributed by atoms with van der Waals surface area (Å²) in [5.41, 5.74) is 10.8. The van der Waals surface area contributed by atoms with Gasteiger partial charge in [-0.25, -0.2) is 0 Å². The fraction of sp³-hybridized carbons (Fsp3) is 0.188. The Morgan fingerprint density at radius 3 is 2.27 bits per heavy atom. The Balaban J connectivity index is 1.28. The molecular weight excluding hydrogens is 506 g/mol. The highest BCUT2D eigenvalue weighted by molar-refractivity contribution is 6.04. The maximum absolute atomic E-state index is 13.5. The molecule has 4 aromatic carbocycles. The van der Waals surface area contributed by atoms with E-state index in [0.29, 0.717) is 42.4 Å². The first-order valence-corrected chi connectivity index (χ1v) is 13.0. The zero-order chi connectivity index (χ0) is 27.9. The first-order chi connectivity index (χ1) is 19.5. The molecule has 0 unspecified atom stereocenters. The van der Waals surface area contributed by atoms with Crippen molar-refractivity contribution in [3.8, 4) is 17.2 Å². The topological polar surface area (TPSA) is 103 Å². The highest BCUT2D eigenvalue weighted by Gasteiger charge is 2.18. The molecule has 3 N–H and O–H groups in total. The van der Waals surface area contributed by atoms with Crippen LogP contribution < -0.4 is 25.3 Å². The minimum absolute atomic E-state index is 0.00325. The Kier molecular flexibility index (Phi) is 8.27. The number of carbonyl (C=O) groups is 2. The van der Waals surface area contributed by atoms with Gasteiger partial charge in [0.05, 0.1) is 13.5 Å². The lowest BCUT2D eigenvalue weighted by Crippen LogP contribution is -2.31. The Labute approximate surface area is 233 Å². The SMILES string of the molecule is COc1ccc(CC(=O)N(Cc2ccc(NC(=O)c3ccc4c(c3)OCO4)cc2)Cc2cccc(CN)c2)cc1. The van der Waals surface area contributed by atoms with Crippen LogP contribution in [0.15, 0.2) is 91.0 Å². The average molecular weight is 538 g/mol. The number of methoxy groups -OCH3 is 1. The fourth-order valence-electron chi connectivity index (χ4n) is 4.49. The maximum atomic E-state index is 13.5. The largest absolute Gasteiger partial charge is 0.497 e. The van der Waals surface area contributed by atoms with Crippen LogP contribution in [0.25, 0.3) is 0 Å². The maximum Gasteiger partial charge on any atom is 0.255 e. The van der Waals surface area contributed by atoms with Crippen LogP contribution in [0.2, 0.25) is 0 Å². The number of hydrogen-bond acceptors (Lipinski definition) is 6. The molecule has 1 heterocycles. The summed E-state index contributed by atoms with van der Waals surface area (Å²) >= 11 is 0. The molecule has 8 heteroatoms. The molecule has 0 saturated carbocycles. The highest BCUT2D eigenvalue weighted by atomic mass is 16.7. The summed E-state index contributed by atoms with van der Waals surface area (Å²) in [7, 11) is 1.62. The van der Waals surface area contributed by atoms with E-state index in [0.717, 1.165) is 28.0 Å². The summed E-state index contributed by atoms with van der Waals surface area (Å²) in [5, 5.41) is 2.91. The summed E-state index contributed by atoms with van der Waals surface area (Å²) in [6.07, 6.45) is 0.268. The van der Waals surface area contributed by atoms with Crippen molar-refractivity contribution in [2.75, 3.05) is 19.2 Å². The van der Waals surface area contributed by atoms with E-state index in [4.69, 9.17) is 19.9 Å². The summed E-state index contributed by atoms with van der Waals surface area (Å²) in [4.78, 5) is 28.1. The van der Waals surface area contributed by atoms with Gasteiger partial charge in [-0.2, -0.15) is 0 Å². The first-order valence-electron chi connectivity index (χ1n) is 13.0. The van der Waals surface area contributed by atoms with Crippen molar-refractivity contribution in [2.24, 2.45) is 5.73 Å². The molecule has 8 nitrogen and oxygen atoms in total. The summed E-state index contributed by atoms with van der Waals surface area (Å²) < 4.78 is 15.9. The fourth-order valence-corrected chi connectivity index (χ4v) is 4.49. The van der Waals surface area contributed by atoms with E-state index in [-0.39, 0.29) is 25.0 Å².